The van der Waals surface area contributed by atoms with E-state index in [0.29, 0.717) is 10.8 Å². The third-order valence-electron chi connectivity index (χ3n) is 3.20. The zero-order chi connectivity index (χ0) is 13.1. The molecular weight excluding hydrogens is 260 g/mol. The summed E-state index contributed by atoms with van der Waals surface area (Å²) >= 11 is 5.94. The summed E-state index contributed by atoms with van der Waals surface area (Å²) in [6.07, 6.45) is 0. The topological polar surface area (TPSA) is 28.4 Å². The van der Waals surface area contributed by atoms with E-state index < -0.39 is 0 Å². The number of halogens is 1. The Balaban J connectivity index is 1.71. The van der Waals surface area contributed by atoms with Crippen molar-refractivity contribution in [3.8, 4) is 11.8 Å². The number of piperazine rings is 1. The fourth-order valence-electron chi connectivity index (χ4n) is 2.18. The van der Waals surface area contributed by atoms with E-state index in [2.05, 4.69) is 22.1 Å². The maximum absolute atomic E-state index is 5.94. The Morgan fingerprint density at radius 2 is 2.11 bits per heavy atom. The minimum absolute atomic E-state index is 0.701. The number of furan rings is 1. The van der Waals surface area contributed by atoms with Gasteiger partial charge in [-0.2, -0.15) is 0 Å². The number of nitrogens with zero attached hydrogens (tertiary/aromatic N) is 1. The Morgan fingerprint density at radius 3 is 2.95 bits per heavy atom. The molecule has 0 radical (unpaired) electrons. The van der Waals surface area contributed by atoms with E-state index in [1.165, 1.54) is 0 Å². The largest absolute Gasteiger partial charge is 0.448 e. The van der Waals surface area contributed by atoms with Crippen molar-refractivity contribution in [1.29, 1.82) is 0 Å². The van der Waals surface area contributed by atoms with Gasteiger partial charge in [0.15, 0.2) is 5.76 Å². The molecule has 3 nitrogen and oxygen atoms in total. The van der Waals surface area contributed by atoms with Crippen molar-refractivity contribution in [3.05, 3.63) is 35.0 Å². The van der Waals surface area contributed by atoms with Crippen molar-refractivity contribution in [2.75, 3.05) is 32.7 Å². The molecule has 2 heterocycles. The maximum atomic E-state index is 5.94. The van der Waals surface area contributed by atoms with Crippen LogP contribution in [0.2, 0.25) is 5.02 Å². The second kappa shape index (κ2) is 5.66. The van der Waals surface area contributed by atoms with Crippen molar-refractivity contribution in [2.45, 2.75) is 0 Å². The smallest absolute Gasteiger partial charge is 0.178 e. The molecule has 2 aromatic rings. The van der Waals surface area contributed by atoms with Crippen LogP contribution in [-0.2, 0) is 0 Å². The Morgan fingerprint density at radius 1 is 1.26 bits per heavy atom. The van der Waals surface area contributed by atoms with Crippen LogP contribution in [0.4, 0.5) is 0 Å². The molecule has 4 heteroatoms. The lowest BCUT2D eigenvalue weighted by Gasteiger charge is -2.24. The minimum Gasteiger partial charge on any atom is -0.448 e. The lowest BCUT2D eigenvalue weighted by Crippen LogP contribution is -2.43. The molecule has 0 atom stereocenters. The first-order valence-corrected chi connectivity index (χ1v) is 6.80. The average molecular weight is 275 g/mol. The lowest BCUT2D eigenvalue weighted by molar-refractivity contribution is 0.268. The van der Waals surface area contributed by atoms with E-state index >= 15 is 0 Å². The standard InChI is InChI=1S/C15H15ClN2O/c16-13-3-4-15-12(10-13)11-14(19-15)2-1-7-18-8-5-17-6-9-18/h3-4,10-11,17H,5-9H2. The van der Waals surface area contributed by atoms with Crippen molar-refractivity contribution >= 4 is 22.6 Å². The highest BCUT2D eigenvalue weighted by atomic mass is 35.5. The van der Waals surface area contributed by atoms with Gasteiger partial charge in [-0.3, -0.25) is 4.90 Å². The molecular formula is C15H15ClN2O. The van der Waals surface area contributed by atoms with Gasteiger partial charge in [0, 0.05) is 42.7 Å². The summed E-state index contributed by atoms with van der Waals surface area (Å²) in [6.45, 7) is 5.00. The first kappa shape index (κ1) is 12.6. The lowest BCUT2D eigenvalue weighted by atomic mass is 10.2. The molecule has 1 aromatic carbocycles. The van der Waals surface area contributed by atoms with Crippen molar-refractivity contribution in [3.63, 3.8) is 0 Å². The third kappa shape index (κ3) is 3.10. The fourth-order valence-corrected chi connectivity index (χ4v) is 2.36. The summed E-state index contributed by atoms with van der Waals surface area (Å²) < 4.78 is 5.65. The van der Waals surface area contributed by atoms with Gasteiger partial charge in [0.2, 0.25) is 0 Å². The molecule has 1 fully saturated rings. The first-order chi connectivity index (χ1) is 9.31. The van der Waals surface area contributed by atoms with Crippen LogP contribution in [0, 0.1) is 11.8 Å². The highest BCUT2D eigenvalue weighted by Gasteiger charge is 2.07. The average Bonchev–Trinajstić information content (AvgIpc) is 2.82. The van der Waals surface area contributed by atoms with Crippen LogP contribution >= 0.6 is 11.6 Å². The maximum Gasteiger partial charge on any atom is 0.178 e. The second-order valence-corrected chi connectivity index (χ2v) is 5.06. The summed E-state index contributed by atoms with van der Waals surface area (Å²) in [4.78, 5) is 2.34. The zero-order valence-corrected chi connectivity index (χ0v) is 11.3. The summed E-state index contributed by atoms with van der Waals surface area (Å²) in [5, 5.41) is 5.04. The molecule has 1 aliphatic rings. The van der Waals surface area contributed by atoms with E-state index in [-0.39, 0.29) is 0 Å². The van der Waals surface area contributed by atoms with Crippen LogP contribution in [0.15, 0.2) is 28.7 Å². The highest BCUT2D eigenvalue weighted by Crippen LogP contribution is 2.22. The van der Waals surface area contributed by atoms with E-state index in [1.807, 2.05) is 24.3 Å². The van der Waals surface area contributed by atoms with Gasteiger partial charge in [0.25, 0.3) is 0 Å². The van der Waals surface area contributed by atoms with Gasteiger partial charge < -0.3 is 9.73 Å². The van der Waals surface area contributed by atoms with Gasteiger partial charge in [-0.25, -0.2) is 0 Å². The van der Waals surface area contributed by atoms with Crippen LogP contribution in [0.1, 0.15) is 5.76 Å². The van der Waals surface area contributed by atoms with E-state index in [1.54, 1.807) is 0 Å². The van der Waals surface area contributed by atoms with Crippen LogP contribution in [-0.4, -0.2) is 37.6 Å². The number of hydrogen-bond acceptors (Lipinski definition) is 3. The quantitative estimate of drug-likeness (QED) is 0.809. The van der Waals surface area contributed by atoms with Gasteiger partial charge in [-0.1, -0.05) is 17.5 Å². The summed E-state index contributed by atoms with van der Waals surface area (Å²) in [7, 11) is 0. The number of benzene rings is 1. The van der Waals surface area contributed by atoms with E-state index in [9.17, 15) is 0 Å². The Labute approximate surface area is 117 Å². The molecule has 19 heavy (non-hydrogen) atoms. The van der Waals surface area contributed by atoms with Gasteiger partial charge in [0.05, 0.1) is 6.54 Å². The molecule has 98 valence electrons. The van der Waals surface area contributed by atoms with Crippen LogP contribution in [0.25, 0.3) is 11.0 Å². The molecule has 0 aliphatic carbocycles. The van der Waals surface area contributed by atoms with Crippen LogP contribution < -0.4 is 5.32 Å². The first-order valence-electron chi connectivity index (χ1n) is 6.42. The highest BCUT2D eigenvalue weighted by molar-refractivity contribution is 6.31. The Bertz CT molecular complexity index is 632. The molecule has 1 saturated heterocycles. The molecule has 0 saturated carbocycles. The molecule has 0 amide bonds. The second-order valence-electron chi connectivity index (χ2n) is 4.62. The normalized spacial score (nSPS) is 16.3. The van der Waals surface area contributed by atoms with Gasteiger partial charge in [-0.05, 0) is 24.1 Å². The molecule has 0 unspecified atom stereocenters. The van der Waals surface area contributed by atoms with E-state index in [0.717, 1.165) is 43.7 Å². The number of fused-ring (bicyclic) bond motifs is 1. The Hall–Kier alpha value is -1.47. The number of nitrogens with one attached hydrogen (secondary N) is 1. The molecule has 1 aromatic heterocycles. The summed E-state index contributed by atoms with van der Waals surface area (Å²) in [5.41, 5.74) is 0.830. The summed E-state index contributed by atoms with van der Waals surface area (Å²) in [6, 6.07) is 7.53. The van der Waals surface area contributed by atoms with Gasteiger partial charge in [-0.15, -0.1) is 0 Å². The van der Waals surface area contributed by atoms with E-state index in [4.69, 9.17) is 16.0 Å². The van der Waals surface area contributed by atoms with Crippen LogP contribution in [0.3, 0.4) is 0 Å². The predicted molar refractivity (Wildman–Crippen MR) is 77.4 cm³/mol. The SMILES string of the molecule is Clc1ccc2oc(C#CCN3CCNCC3)cc2c1. The summed E-state index contributed by atoms with van der Waals surface area (Å²) in [5.74, 6) is 6.95. The van der Waals surface area contributed by atoms with Crippen LogP contribution in [0.5, 0.6) is 0 Å². The molecule has 0 bridgehead atoms. The van der Waals surface area contributed by atoms with Crippen molar-refractivity contribution in [1.82, 2.24) is 10.2 Å². The number of rotatable bonds is 1. The van der Waals surface area contributed by atoms with Crippen molar-refractivity contribution in [2.24, 2.45) is 0 Å². The Kier molecular flexibility index (Phi) is 3.74. The minimum atomic E-state index is 0.701. The molecule has 0 spiro atoms. The predicted octanol–water partition coefficient (Wildman–Crippen LogP) is 2.34. The number of hydrogen-bond donors (Lipinski definition) is 1. The van der Waals surface area contributed by atoms with Gasteiger partial charge >= 0.3 is 0 Å². The molecule has 1 N–H and O–H groups in total. The zero-order valence-electron chi connectivity index (χ0n) is 10.6. The third-order valence-corrected chi connectivity index (χ3v) is 3.44. The van der Waals surface area contributed by atoms with Crippen molar-refractivity contribution < 1.29 is 4.42 Å². The molecule has 1 aliphatic heterocycles. The monoisotopic (exact) mass is 274 g/mol. The van der Waals surface area contributed by atoms with Gasteiger partial charge in [0.1, 0.15) is 5.58 Å². The molecule has 3 rings (SSSR count). The fraction of sp³-hybridized carbons (Fsp3) is 0.333.